The van der Waals surface area contributed by atoms with Crippen LogP contribution in [0.2, 0.25) is 0 Å². The first-order valence-electron chi connectivity index (χ1n) is 9.47. The summed E-state index contributed by atoms with van der Waals surface area (Å²) in [6, 6.07) is 0. The van der Waals surface area contributed by atoms with Crippen molar-refractivity contribution in [2.45, 2.75) is 80.6 Å². The Kier molecular flexibility index (Phi) is 5.27. The highest BCUT2D eigenvalue weighted by Crippen LogP contribution is 2.59. The van der Waals surface area contributed by atoms with Crippen LogP contribution in [0.3, 0.4) is 0 Å². The number of rotatable bonds is 6. The molecule has 2 aliphatic carbocycles. The van der Waals surface area contributed by atoms with E-state index in [0.717, 1.165) is 35.5 Å². The van der Waals surface area contributed by atoms with Gasteiger partial charge in [0.15, 0.2) is 0 Å². The molecule has 0 nitrogen and oxygen atoms in total. The average molecular weight is 291 g/mol. The topological polar surface area (TPSA) is 0 Å². The molecule has 21 heavy (non-hydrogen) atoms. The van der Waals surface area contributed by atoms with Crippen molar-refractivity contribution < 1.29 is 0 Å². The normalized spacial score (nSPS) is 38.6. The molecule has 2 saturated carbocycles. The zero-order valence-electron chi connectivity index (χ0n) is 15.6. The summed E-state index contributed by atoms with van der Waals surface area (Å²) < 4.78 is 0. The average Bonchev–Trinajstić information content (AvgIpc) is 3.09. The Hall–Kier alpha value is -0.260. The predicted molar refractivity (Wildman–Crippen MR) is 94.3 cm³/mol. The minimum atomic E-state index is 0.493. The fourth-order valence-electron chi connectivity index (χ4n) is 5.47. The maximum absolute atomic E-state index is 2.58. The van der Waals surface area contributed by atoms with E-state index in [4.69, 9.17) is 0 Å². The van der Waals surface area contributed by atoms with E-state index in [0.29, 0.717) is 5.41 Å². The van der Waals surface area contributed by atoms with Gasteiger partial charge in [0.1, 0.15) is 0 Å². The summed E-state index contributed by atoms with van der Waals surface area (Å²) in [5.41, 5.74) is 2.14. The van der Waals surface area contributed by atoms with E-state index in [2.05, 4.69) is 54.5 Å². The van der Waals surface area contributed by atoms with Crippen LogP contribution in [0.5, 0.6) is 0 Å². The molecule has 0 aromatic carbocycles. The van der Waals surface area contributed by atoms with E-state index in [1.54, 1.807) is 5.57 Å². The van der Waals surface area contributed by atoms with Gasteiger partial charge in [-0.15, -0.1) is 0 Å². The third-order valence-electron chi connectivity index (χ3n) is 7.37. The number of hydrogen-bond donors (Lipinski definition) is 0. The van der Waals surface area contributed by atoms with Crippen molar-refractivity contribution in [3.8, 4) is 0 Å². The molecule has 2 fully saturated rings. The van der Waals surface area contributed by atoms with Crippen LogP contribution in [0.25, 0.3) is 0 Å². The van der Waals surface area contributed by atoms with E-state index >= 15 is 0 Å². The van der Waals surface area contributed by atoms with Gasteiger partial charge in [0, 0.05) is 0 Å². The predicted octanol–water partition coefficient (Wildman–Crippen LogP) is 6.71. The minimum absolute atomic E-state index is 0.493. The van der Waals surface area contributed by atoms with Gasteiger partial charge in [0.05, 0.1) is 0 Å². The maximum atomic E-state index is 2.58. The first-order valence-corrected chi connectivity index (χ1v) is 9.47. The van der Waals surface area contributed by atoms with Gasteiger partial charge in [0.25, 0.3) is 0 Å². The van der Waals surface area contributed by atoms with Gasteiger partial charge in [-0.3, -0.25) is 0 Å². The van der Waals surface area contributed by atoms with Crippen molar-refractivity contribution in [1.29, 1.82) is 0 Å². The lowest BCUT2D eigenvalue weighted by molar-refractivity contribution is 0.0804. The molecule has 0 heteroatoms. The van der Waals surface area contributed by atoms with E-state index in [9.17, 15) is 0 Å². The van der Waals surface area contributed by atoms with Crippen LogP contribution in [0, 0.1) is 40.9 Å². The molecule has 0 aromatic heterocycles. The summed E-state index contributed by atoms with van der Waals surface area (Å²) in [6.45, 7) is 17.1. The van der Waals surface area contributed by atoms with Crippen LogP contribution in [0.4, 0.5) is 0 Å². The fourth-order valence-corrected chi connectivity index (χ4v) is 5.47. The molecule has 0 radical (unpaired) electrons. The molecule has 0 spiro atoms. The lowest BCUT2D eigenvalue weighted by atomic mass is 9.62. The Morgan fingerprint density at radius 2 is 1.95 bits per heavy atom. The van der Waals surface area contributed by atoms with Gasteiger partial charge in [-0.05, 0) is 74.0 Å². The Morgan fingerprint density at radius 3 is 2.52 bits per heavy atom. The Bertz CT molecular complexity index is 375. The molecule has 0 aliphatic heterocycles. The maximum Gasteiger partial charge on any atom is -0.0147 e. The van der Waals surface area contributed by atoms with Crippen molar-refractivity contribution in [2.75, 3.05) is 0 Å². The highest BCUT2D eigenvalue weighted by atomic mass is 14.6. The van der Waals surface area contributed by atoms with Gasteiger partial charge >= 0.3 is 0 Å². The number of hydrogen-bond acceptors (Lipinski definition) is 0. The smallest absolute Gasteiger partial charge is 0.0147 e. The summed E-state index contributed by atoms with van der Waals surface area (Å²) in [7, 11) is 0. The van der Waals surface area contributed by atoms with E-state index < -0.39 is 0 Å². The van der Waals surface area contributed by atoms with Crippen molar-refractivity contribution in [1.82, 2.24) is 0 Å². The molecule has 0 bridgehead atoms. The molecule has 6 unspecified atom stereocenters. The second kappa shape index (κ2) is 6.47. The second-order valence-corrected chi connectivity index (χ2v) is 8.78. The van der Waals surface area contributed by atoms with Gasteiger partial charge in [-0.2, -0.15) is 0 Å². The quantitative estimate of drug-likeness (QED) is 0.477. The minimum Gasteiger partial charge on any atom is -0.0884 e. The summed E-state index contributed by atoms with van der Waals surface area (Å²) in [6.07, 6.45) is 9.59. The Labute approximate surface area is 133 Å². The lowest BCUT2D eigenvalue weighted by Gasteiger charge is -2.42. The zero-order chi connectivity index (χ0) is 15.8. The van der Waals surface area contributed by atoms with Crippen LogP contribution in [-0.2, 0) is 0 Å². The largest absolute Gasteiger partial charge is 0.0884 e. The second-order valence-electron chi connectivity index (χ2n) is 8.78. The third kappa shape index (κ3) is 3.25. The lowest BCUT2D eigenvalue weighted by Crippen LogP contribution is -2.36. The summed E-state index contributed by atoms with van der Waals surface area (Å²) in [5.74, 6) is 5.55. The van der Waals surface area contributed by atoms with Gasteiger partial charge in [-0.25, -0.2) is 0 Å². The standard InChI is InChI=1S/C21H38/c1-8-10-17-13-18(17)16(5)21(6,7)19-12-11-15(4)20(19)14(3)9-2/h9,15-20H,8,10-13H2,1-7H3. The van der Waals surface area contributed by atoms with Crippen LogP contribution in [-0.4, -0.2) is 0 Å². The summed E-state index contributed by atoms with van der Waals surface area (Å²) >= 11 is 0. The first-order chi connectivity index (χ1) is 9.84. The van der Waals surface area contributed by atoms with Crippen LogP contribution < -0.4 is 0 Å². The van der Waals surface area contributed by atoms with Crippen LogP contribution >= 0.6 is 0 Å². The van der Waals surface area contributed by atoms with Crippen molar-refractivity contribution in [3.63, 3.8) is 0 Å². The van der Waals surface area contributed by atoms with E-state index in [1.807, 2.05) is 0 Å². The third-order valence-corrected chi connectivity index (χ3v) is 7.37. The van der Waals surface area contributed by atoms with E-state index in [-0.39, 0.29) is 0 Å². The molecule has 122 valence electrons. The van der Waals surface area contributed by atoms with Gasteiger partial charge in [0.2, 0.25) is 0 Å². The monoisotopic (exact) mass is 290 g/mol. The van der Waals surface area contributed by atoms with Crippen molar-refractivity contribution >= 4 is 0 Å². The number of allylic oxidation sites excluding steroid dienone is 2. The SMILES string of the molecule is CC=C(C)C1C(C)CCC1C(C)(C)C(C)C1CC1CCC. The Morgan fingerprint density at radius 1 is 1.29 bits per heavy atom. The summed E-state index contributed by atoms with van der Waals surface area (Å²) in [5, 5.41) is 0. The zero-order valence-corrected chi connectivity index (χ0v) is 15.6. The molecule has 0 aromatic rings. The van der Waals surface area contributed by atoms with Crippen molar-refractivity contribution in [3.05, 3.63) is 11.6 Å². The molecule has 2 rings (SSSR count). The van der Waals surface area contributed by atoms with Crippen LogP contribution in [0.1, 0.15) is 80.6 Å². The molecule has 6 atom stereocenters. The first kappa shape index (κ1) is 17.1. The molecular weight excluding hydrogens is 252 g/mol. The molecule has 2 aliphatic rings. The highest BCUT2D eigenvalue weighted by Gasteiger charge is 2.51. The fraction of sp³-hybridized carbons (Fsp3) is 0.905. The molecular formula is C21H38. The van der Waals surface area contributed by atoms with Gasteiger partial charge in [-0.1, -0.05) is 59.1 Å². The Balaban J connectivity index is 2.11. The van der Waals surface area contributed by atoms with E-state index in [1.165, 1.54) is 32.1 Å². The summed E-state index contributed by atoms with van der Waals surface area (Å²) in [4.78, 5) is 0. The highest BCUT2D eigenvalue weighted by molar-refractivity contribution is 5.11. The molecule has 0 heterocycles. The van der Waals surface area contributed by atoms with Gasteiger partial charge < -0.3 is 0 Å². The van der Waals surface area contributed by atoms with Crippen LogP contribution in [0.15, 0.2) is 11.6 Å². The molecule has 0 amide bonds. The molecule has 0 N–H and O–H groups in total. The molecule has 0 saturated heterocycles. The van der Waals surface area contributed by atoms with Crippen molar-refractivity contribution in [2.24, 2.45) is 40.9 Å².